The quantitative estimate of drug-likeness (QED) is 0.719. The van der Waals surface area contributed by atoms with Gasteiger partial charge in [-0.15, -0.1) is 0 Å². The van der Waals surface area contributed by atoms with Crippen molar-refractivity contribution in [2.24, 2.45) is 0 Å². The van der Waals surface area contributed by atoms with Crippen molar-refractivity contribution in [3.8, 4) is 0 Å². The predicted molar refractivity (Wildman–Crippen MR) is 68.7 cm³/mol. The zero-order chi connectivity index (χ0) is 12.1. The number of nitrogens with zero attached hydrogens (tertiary/aromatic N) is 2. The van der Waals surface area contributed by atoms with E-state index in [4.69, 9.17) is 5.73 Å². The minimum absolute atomic E-state index is 0.349. The number of nitrogen functional groups attached to an aromatic ring is 1. The Kier molecular flexibility index (Phi) is 4.58. The monoisotopic (exact) mass is 223 g/mol. The van der Waals surface area contributed by atoms with Crippen molar-refractivity contribution in [3.63, 3.8) is 0 Å². The lowest BCUT2D eigenvalue weighted by Gasteiger charge is -2.24. The fourth-order valence-electron chi connectivity index (χ4n) is 1.63. The molecule has 0 aliphatic heterocycles. The van der Waals surface area contributed by atoms with Gasteiger partial charge < -0.3 is 20.6 Å². The third-order valence-corrected chi connectivity index (χ3v) is 2.39. The van der Waals surface area contributed by atoms with Crippen molar-refractivity contribution in [1.29, 1.82) is 0 Å². The fourth-order valence-corrected chi connectivity index (χ4v) is 1.63. The lowest BCUT2D eigenvalue weighted by Crippen LogP contribution is -2.36. The highest BCUT2D eigenvalue weighted by Gasteiger charge is 2.09. The molecule has 16 heavy (non-hydrogen) atoms. The average Bonchev–Trinajstić information content (AvgIpc) is 2.16. The molecular formula is C12H21N3O. The summed E-state index contributed by atoms with van der Waals surface area (Å²) in [7, 11) is 5.86. The number of anilines is 2. The number of hydrogen-bond donors (Lipinski definition) is 2. The van der Waals surface area contributed by atoms with Crippen molar-refractivity contribution in [2.75, 3.05) is 44.9 Å². The number of nitrogens with two attached hydrogens (primary N) is 1. The molecular weight excluding hydrogens is 202 g/mol. The van der Waals surface area contributed by atoms with Crippen LogP contribution in [0.1, 0.15) is 0 Å². The van der Waals surface area contributed by atoms with E-state index in [1.165, 1.54) is 0 Å². The highest BCUT2D eigenvalue weighted by Crippen LogP contribution is 2.14. The highest BCUT2D eigenvalue weighted by atomic mass is 16.3. The van der Waals surface area contributed by atoms with Gasteiger partial charge in [0.25, 0.3) is 0 Å². The molecule has 1 aromatic carbocycles. The third-order valence-electron chi connectivity index (χ3n) is 2.39. The molecule has 1 atom stereocenters. The topological polar surface area (TPSA) is 52.7 Å². The predicted octanol–water partition coefficient (Wildman–Crippen LogP) is 0.628. The van der Waals surface area contributed by atoms with Crippen LogP contribution in [0, 0.1) is 0 Å². The van der Waals surface area contributed by atoms with Gasteiger partial charge in [0.1, 0.15) is 0 Å². The number of aliphatic hydroxyl groups is 1. The Morgan fingerprint density at radius 1 is 1.12 bits per heavy atom. The third kappa shape index (κ3) is 4.08. The summed E-state index contributed by atoms with van der Waals surface area (Å²) in [6.07, 6.45) is -0.349. The van der Waals surface area contributed by atoms with E-state index >= 15 is 0 Å². The molecule has 1 unspecified atom stereocenters. The summed E-state index contributed by atoms with van der Waals surface area (Å²) in [6, 6.07) is 7.64. The Morgan fingerprint density at radius 3 is 2.19 bits per heavy atom. The number of hydrogen-bond acceptors (Lipinski definition) is 4. The lowest BCUT2D eigenvalue weighted by molar-refractivity contribution is 0.143. The molecule has 0 fully saturated rings. The molecule has 0 saturated heterocycles. The largest absolute Gasteiger partial charge is 0.399 e. The maximum Gasteiger partial charge on any atom is 0.0841 e. The van der Waals surface area contributed by atoms with Gasteiger partial charge in [0, 0.05) is 31.5 Å². The first-order chi connectivity index (χ1) is 7.49. The van der Waals surface area contributed by atoms with Crippen LogP contribution in [0.15, 0.2) is 24.3 Å². The van der Waals surface area contributed by atoms with Gasteiger partial charge in [-0.3, -0.25) is 0 Å². The van der Waals surface area contributed by atoms with Crippen LogP contribution in [0.25, 0.3) is 0 Å². The van der Waals surface area contributed by atoms with Gasteiger partial charge in [0.15, 0.2) is 0 Å². The van der Waals surface area contributed by atoms with Crippen LogP contribution in [0.4, 0.5) is 11.4 Å². The van der Waals surface area contributed by atoms with E-state index in [0.29, 0.717) is 13.1 Å². The Hall–Kier alpha value is -1.26. The molecule has 0 spiro atoms. The smallest absolute Gasteiger partial charge is 0.0841 e. The van der Waals surface area contributed by atoms with Crippen molar-refractivity contribution < 1.29 is 5.11 Å². The highest BCUT2D eigenvalue weighted by molar-refractivity contribution is 5.52. The molecule has 1 rings (SSSR count). The summed E-state index contributed by atoms with van der Waals surface area (Å²) in [5, 5.41) is 9.80. The van der Waals surface area contributed by atoms with Crippen LogP contribution < -0.4 is 10.6 Å². The first-order valence-corrected chi connectivity index (χ1v) is 5.38. The summed E-state index contributed by atoms with van der Waals surface area (Å²) in [5.41, 5.74) is 7.44. The molecule has 0 aliphatic carbocycles. The molecule has 0 bridgehead atoms. The minimum atomic E-state index is -0.349. The average molecular weight is 223 g/mol. The zero-order valence-electron chi connectivity index (χ0n) is 10.2. The molecule has 4 nitrogen and oxygen atoms in total. The van der Waals surface area contributed by atoms with Crippen LogP contribution in [0.5, 0.6) is 0 Å². The first-order valence-electron chi connectivity index (χ1n) is 5.38. The van der Waals surface area contributed by atoms with Gasteiger partial charge in [-0.2, -0.15) is 0 Å². The van der Waals surface area contributed by atoms with Crippen molar-refractivity contribution in [1.82, 2.24) is 4.90 Å². The standard InChI is InChI=1S/C12H21N3O/c1-14(2)8-12(16)9-15(3)11-6-4-10(13)5-7-11/h4-7,12,16H,8-9,13H2,1-3H3. The SMILES string of the molecule is CN(C)CC(O)CN(C)c1ccc(N)cc1. The Morgan fingerprint density at radius 2 is 1.69 bits per heavy atom. The second kappa shape index (κ2) is 5.72. The Labute approximate surface area is 97.3 Å². The summed E-state index contributed by atoms with van der Waals surface area (Å²) < 4.78 is 0. The Bertz CT molecular complexity index is 311. The lowest BCUT2D eigenvalue weighted by atomic mass is 10.2. The second-order valence-corrected chi connectivity index (χ2v) is 4.39. The van der Waals surface area contributed by atoms with Crippen molar-refractivity contribution in [3.05, 3.63) is 24.3 Å². The first kappa shape index (κ1) is 12.8. The summed E-state index contributed by atoms with van der Waals surface area (Å²) in [4.78, 5) is 4.00. The van der Waals surface area contributed by atoms with Crippen LogP contribution in [-0.2, 0) is 0 Å². The van der Waals surface area contributed by atoms with Crippen molar-refractivity contribution in [2.45, 2.75) is 6.10 Å². The van der Waals surface area contributed by atoms with Gasteiger partial charge in [0.05, 0.1) is 6.10 Å². The van der Waals surface area contributed by atoms with Gasteiger partial charge >= 0.3 is 0 Å². The van der Waals surface area contributed by atoms with E-state index < -0.39 is 0 Å². The van der Waals surface area contributed by atoms with E-state index in [2.05, 4.69) is 0 Å². The van der Waals surface area contributed by atoms with E-state index in [1.807, 2.05) is 55.2 Å². The van der Waals surface area contributed by atoms with Crippen LogP contribution >= 0.6 is 0 Å². The molecule has 4 heteroatoms. The van der Waals surface area contributed by atoms with Gasteiger partial charge in [0.2, 0.25) is 0 Å². The molecule has 0 radical (unpaired) electrons. The number of benzene rings is 1. The van der Waals surface area contributed by atoms with Gasteiger partial charge in [-0.1, -0.05) is 0 Å². The molecule has 1 aromatic rings. The van der Waals surface area contributed by atoms with Crippen LogP contribution in [0.2, 0.25) is 0 Å². The molecule has 0 aromatic heterocycles. The van der Waals surface area contributed by atoms with Crippen molar-refractivity contribution >= 4 is 11.4 Å². The van der Waals surface area contributed by atoms with E-state index in [1.54, 1.807) is 0 Å². The van der Waals surface area contributed by atoms with E-state index in [-0.39, 0.29) is 6.10 Å². The maximum atomic E-state index is 9.80. The van der Waals surface area contributed by atoms with Crippen LogP contribution in [0.3, 0.4) is 0 Å². The Balaban J connectivity index is 2.51. The number of likely N-dealkylation sites (N-methyl/N-ethyl adjacent to an activating group) is 2. The van der Waals surface area contributed by atoms with E-state index in [9.17, 15) is 5.11 Å². The number of rotatable bonds is 5. The molecule has 0 heterocycles. The molecule has 0 saturated carbocycles. The second-order valence-electron chi connectivity index (χ2n) is 4.39. The molecule has 0 aliphatic rings. The van der Waals surface area contributed by atoms with Gasteiger partial charge in [-0.25, -0.2) is 0 Å². The minimum Gasteiger partial charge on any atom is -0.399 e. The maximum absolute atomic E-state index is 9.80. The molecule has 90 valence electrons. The van der Waals surface area contributed by atoms with E-state index in [0.717, 1.165) is 11.4 Å². The zero-order valence-corrected chi connectivity index (χ0v) is 10.2. The van der Waals surface area contributed by atoms with Crippen LogP contribution in [-0.4, -0.2) is 50.3 Å². The summed E-state index contributed by atoms with van der Waals surface area (Å²) >= 11 is 0. The van der Waals surface area contributed by atoms with Gasteiger partial charge in [-0.05, 0) is 38.4 Å². The number of aliphatic hydroxyl groups excluding tert-OH is 1. The molecule has 0 amide bonds. The summed E-state index contributed by atoms with van der Waals surface area (Å²) in [6.45, 7) is 1.28. The summed E-state index contributed by atoms with van der Waals surface area (Å²) in [5.74, 6) is 0. The molecule has 3 N–H and O–H groups in total. The normalized spacial score (nSPS) is 12.8. The fraction of sp³-hybridized carbons (Fsp3) is 0.500.